The highest BCUT2D eigenvalue weighted by Gasteiger charge is 2.47. The summed E-state index contributed by atoms with van der Waals surface area (Å²) in [5.41, 5.74) is 3.47. The molecule has 2 saturated heterocycles. The zero-order chi connectivity index (χ0) is 28.7. The van der Waals surface area contributed by atoms with Crippen molar-refractivity contribution in [2.24, 2.45) is 10.5 Å². The molecule has 1 aromatic rings. The summed E-state index contributed by atoms with van der Waals surface area (Å²) in [5, 5.41) is 16.3. The maximum Gasteiger partial charge on any atom is 0.415 e. The first-order chi connectivity index (χ1) is 18.9. The molecule has 10 heteroatoms. The third-order valence-corrected chi connectivity index (χ3v) is 8.08. The van der Waals surface area contributed by atoms with Gasteiger partial charge in [-0.25, -0.2) is 14.0 Å². The second kappa shape index (κ2) is 11.0. The fourth-order valence-electron chi connectivity index (χ4n) is 5.68. The SMILES string of the molecule is CC(C)(C)CN1C=C(CN2CCC3(CC2)CN(c2ccc(C(=O)O)cc2)C(=O)O3)CC(C2=CCC(F)=C(Cl)C2)=N1. The molecular weight excluding hydrogens is 535 g/mol. The Kier molecular flexibility index (Phi) is 7.81. The van der Waals surface area contributed by atoms with Crippen LogP contribution in [-0.4, -0.2) is 71.1 Å². The Morgan fingerprint density at radius 3 is 2.50 bits per heavy atom. The number of anilines is 1. The van der Waals surface area contributed by atoms with E-state index in [9.17, 15) is 14.0 Å². The average molecular weight is 571 g/mol. The lowest BCUT2D eigenvalue weighted by molar-refractivity contribution is 0.00284. The third kappa shape index (κ3) is 6.41. The molecule has 4 aliphatic rings. The molecule has 1 aromatic carbocycles. The number of likely N-dealkylation sites (tertiary alicyclic amines) is 1. The smallest absolute Gasteiger partial charge is 0.415 e. The standard InChI is InChI=1S/C30H36ClFN4O4/c1-29(2,3)18-35-17-20(14-26(33-35)22-6-9-25(32)24(31)15-22)16-34-12-10-30(11-13-34)19-36(28(39)40-30)23-7-4-21(5-8-23)27(37)38/h4-8,17H,9-16,18-19H2,1-3H3,(H,37,38). The van der Waals surface area contributed by atoms with Gasteiger partial charge in [0.05, 0.1) is 22.9 Å². The van der Waals surface area contributed by atoms with Crippen molar-refractivity contribution < 1.29 is 23.8 Å². The van der Waals surface area contributed by atoms with Crippen molar-refractivity contribution in [2.45, 2.75) is 58.5 Å². The molecule has 0 atom stereocenters. The molecule has 3 aliphatic heterocycles. The van der Waals surface area contributed by atoms with Gasteiger partial charge in [0.2, 0.25) is 0 Å². The van der Waals surface area contributed by atoms with Gasteiger partial charge in [-0.2, -0.15) is 5.10 Å². The number of piperidine rings is 1. The summed E-state index contributed by atoms with van der Waals surface area (Å²) in [6.45, 7) is 10.1. The highest BCUT2D eigenvalue weighted by atomic mass is 35.5. The Bertz CT molecular complexity index is 1300. The number of carbonyl (C=O) groups excluding carboxylic acids is 1. The first kappa shape index (κ1) is 28.4. The number of benzene rings is 1. The topological polar surface area (TPSA) is 85.7 Å². The summed E-state index contributed by atoms with van der Waals surface area (Å²) in [4.78, 5) is 27.9. The van der Waals surface area contributed by atoms with Crippen molar-refractivity contribution in [1.29, 1.82) is 0 Å². The van der Waals surface area contributed by atoms with Gasteiger partial charge >= 0.3 is 12.1 Å². The maximum absolute atomic E-state index is 13.9. The Balaban J connectivity index is 1.22. The zero-order valence-electron chi connectivity index (χ0n) is 23.3. The molecule has 1 amide bonds. The molecule has 0 unspecified atom stereocenters. The van der Waals surface area contributed by atoms with Gasteiger partial charge in [0.15, 0.2) is 0 Å². The summed E-state index contributed by atoms with van der Waals surface area (Å²) >= 11 is 6.16. The maximum atomic E-state index is 13.9. The van der Waals surface area contributed by atoms with Gasteiger partial charge in [0.1, 0.15) is 11.4 Å². The first-order valence-electron chi connectivity index (χ1n) is 13.7. The van der Waals surface area contributed by atoms with Crippen molar-refractivity contribution in [3.63, 3.8) is 0 Å². The predicted octanol–water partition coefficient (Wildman–Crippen LogP) is 6.31. The van der Waals surface area contributed by atoms with Crippen LogP contribution in [0.1, 0.15) is 63.2 Å². The predicted molar refractivity (Wildman–Crippen MR) is 153 cm³/mol. The van der Waals surface area contributed by atoms with Gasteiger partial charge in [-0.05, 0) is 40.8 Å². The number of carboxylic acids is 1. The molecule has 1 N–H and O–H groups in total. The largest absolute Gasteiger partial charge is 0.478 e. The van der Waals surface area contributed by atoms with E-state index >= 15 is 0 Å². The highest BCUT2D eigenvalue weighted by Crippen LogP contribution is 2.37. The van der Waals surface area contributed by atoms with E-state index in [2.05, 4.69) is 31.9 Å². The van der Waals surface area contributed by atoms with Crippen molar-refractivity contribution in [3.8, 4) is 0 Å². The second-order valence-electron chi connectivity index (χ2n) is 12.4. The molecule has 5 rings (SSSR count). The minimum Gasteiger partial charge on any atom is -0.478 e. The van der Waals surface area contributed by atoms with Crippen LogP contribution in [0.5, 0.6) is 0 Å². The fourth-order valence-corrected chi connectivity index (χ4v) is 5.90. The number of halogens is 2. The van der Waals surface area contributed by atoms with Crippen LogP contribution in [0.3, 0.4) is 0 Å². The van der Waals surface area contributed by atoms with E-state index in [1.165, 1.54) is 17.7 Å². The number of rotatable bonds is 6. The molecular formula is C30H36ClFN4O4. The van der Waals surface area contributed by atoms with E-state index in [4.69, 9.17) is 26.5 Å². The number of allylic oxidation sites excluding steroid dienone is 4. The number of carbonyl (C=O) groups is 2. The first-order valence-corrected chi connectivity index (χ1v) is 14.1. The molecule has 0 bridgehead atoms. The van der Waals surface area contributed by atoms with Crippen LogP contribution in [-0.2, 0) is 4.74 Å². The molecule has 2 fully saturated rings. The van der Waals surface area contributed by atoms with Crippen LogP contribution < -0.4 is 4.90 Å². The number of hydrogen-bond donors (Lipinski definition) is 1. The molecule has 3 heterocycles. The minimum absolute atomic E-state index is 0.0435. The minimum atomic E-state index is -1.00. The summed E-state index contributed by atoms with van der Waals surface area (Å²) < 4.78 is 19.8. The normalized spacial score (nSPS) is 21.8. The van der Waals surface area contributed by atoms with Crippen LogP contribution in [0.25, 0.3) is 0 Å². The summed E-state index contributed by atoms with van der Waals surface area (Å²) in [7, 11) is 0. The van der Waals surface area contributed by atoms with Gasteiger partial charge < -0.3 is 9.84 Å². The Morgan fingerprint density at radius 2 is 1.88 bits per heavy atom. The number of ether oxygens (including phenoxy) is 1. The number of amides is 1. The highest BCUT2D eigenvalue weighted by molar-refractivity contribution is 6.30. The number of hydrogen-bond acceptors (Lipinski definition) is 6. The number of aromatic carboxylic acids is 1. The second-order valence-corrected chi connectivity index (χ2v) is 12.8. The van der Waals surface area contributed by atoms with Crippen LogP contribution in [0.15, 0.2) is 63.6 Å². The fraction of sp³-hybridized carbons (Fsp3) is 0.500. The molecule has 1 aliphatic carbocycles. The lowest BCUT2D eigenvalue weighted by Gasteiger charge is -2.38. The summed E-state index contributed by atoms with van der Waals surface area (Å²) in [6, 6.07) is 6.30. The van der Waals surface area contributed by atoms with Crippen LogP contribution in [0.2, 0.25) is 0 Å². The van der Waals surface area contributed by atoms with Crippen LogP contribution in [0.4, 0.5) is 14.9 Å². The van der Waals surface area contributed by atoms with E-state index in [0.717, 1.165) is 37.5 Å². The zero-order valence-corrected chi connectivity index (χ0v) is 24.0. The van der Waals surface area contributed by atoms with E-state index < -0.39 is 17.7 Å². The quantitative estimate of drug-likeness (QED) is 0.431. The Labute approximate surface area is 239 Å². The lowest BCUT2D eigenvalue weighted by atomic mass is 9.90. The van der Waals surface area contributed by atoms with E-state index in [1.807, 2.05) is 11.1 Å². The average Bonchev–Trinajstić information content (AvgIpc) is 3.21. The van der Waals surface area contributed by atoms with E-state index in [0.29, 0.717) is 37.9 Å². The van der Waals surface area contributed by atoms with Crippen molar-refractivity contribution >= 4 is 35.1 Å². The Hall–Kier alpha value is -3.17. The third-order valence-electron chi connectivity index (χ3n) is 7.74. The Morgan fingerprint density at radius 1 is 1.18 bits per heavy atom. The number of nitrogens with zero attached hydrogens (tertiary/aromatic N) is 4. The summed E-state index contributed by atoms with van der Waals surface area (Å²) in [5.74, 6) is -1.27. The van der Waals surface area contributed by atoms with Crippen LogP contribution in [0, 0.1) is 5.41 Å². The molecule has 0 aromatic heterocycles. The van der Waals surface area contributed by atoms with Gasteiger partial charge in [-0.1, -0.05) is 38.4 Å². The molecule has 40 heavy (non-hydrogen) atoms. The van der Waals surface area contributed by atoms with Crippen molar-refractivity contribution in [2.75, 3.05) is 37.6 Å². The molecule has 1 spiro atoms. The lowest BCUT2D eigenvalue weighted by Crippen LogP contribution is -2.47. The van der Waals surface area contributed by atoms with E-state index in [-0.39, 0.29) is 28.3 Å². The van der Waals surface area contributed by atoms with Crippen molar-refractivity contribution in [1.82, 2.24) is 9.91 Å². The molecule has 214 valence electrons. The van der Waals surface area contributed by atoms with E-state index in [1.54, 1.807) is 17.0 Å². The monoisotopic (exact) mass is 570 g/mol. The number of hydrazone groups is 1. The molecule has 0 radical (unpaired) electrons. The molecule has 0 saturated carbocycles. The van der Waals surface area contributed by atoms with Gasteiger partial charge in [0.25, 0.3) is 0 Å². The van der Waals surface area contributed by atoms with Gasteiger partial charge in [-0.15, -0.1) is 0 Å². The number of carboxylic acid groups (broad SMARTS) is 1. The van der Waals surface area contributed by atoms with Crippen LogP contribution >= 0.6 is 11.6 Å². The molecule has 8 nitrogen and oxygen atoms in total. The van der Waals surface area contributed by atoms with Crippen molar-refractivity contribution in [3.05, 3.63) is 64.1 Å². The van der Waals surface area contributed by atoms with Gasteiger partial charge in [-0.3, -0.25) is 14.8 Å². The van der Waals surface area contributed by atoms with Gasteiger partial charge in [0, 0.05) is 70.2 Å². The summed E-state index contributed by atoms with van der Waals surface area (Å²) in [6.07, 6.45) is 6.34.